The van der Waals surface area contributed by atoms with Crippen LogP contribution in [0.3, 0.4) is 0 Å². The fourth-order valence-electron chi connectivity index (χ4n) is 1.95. The Kier molecular flexibility index (Phi) is 5.74. The first-order chi connectivity index (χ1) is 11.1. The van der Waals surface area contributed by atoms with Crippen LogP contribution in [0.15, 0.2) is 66.7 Å². The zero-order valence-corrected chi connectivity index (χ0v) is 12.2. The lowest BCUT2D eigenvalue weighted by Gasteiger charge is -2.22. The number of rotatable bonds is 6. The number of carbonyl (C=O) groups is 1. The molecule has 2 aromatic carbocycles. The number of amides is 1. The van der Waals surface area contributed by atoms with E-state index in [9.17, 15) is 15.0 Å². The fourth-order valence-corrected chi connectivity index (χ4v) is 1.95. The predicted octanol–water partition coefficient (Wildman–Crippen LogP) is 1.93. The van der Waals surface area contributed by atoms with E-state index in [2.05, 4.69) is 0 Å². The Balaban J connectivity index is 2.22. The number of hydroxylamine groups is 1. The topological polar surface area (TPSA) is 99.0 Å². The molecular formula is C17H17NO5. The summed E-state index contributed by atoms with van der Waals surface area (Å²) in [6.07, 6.45) is 0.477. The summed E-state index contributed by atoms with van der Waals surface area (Å²) in [7, 11) is 0. The lowest BCUT2D eigenvalue weighted by atomic mass is 10.0. The van der Waals surface area contributed by atoms with Gasteiger partial charge in [-0.3, -0.25) is 10.0 Å². The van der Waals surface area contributed by atoms with Gasteiger partial charge in [0.05, 0.1) is 0 Å². The molecule has 4 N–H and O–H groups in total. The number of phenols is 1. The van der Waals surface area contributed by atoms with Gasteiger partial charge in [0, 0.05) is 6.08 Å². The van der Waals surface area contributed by atoms with Crippen LogP contribution in [0.4, 0.5) is 0 Å². The highest BCUT2D eigenvalue weighted by atomic mass is 16.5. The number of aromatic hydroxyl groups is 1. The van der Waals surface area contributed by atoms with Gasteiger partial charge in [0.15, 0.2) is 0 Å². The first-order valence-electron chi connectivity index (χ1n) is 6.91. The molecule has 0 aliphatic heterocycles. The first kappa shape index (κ1) is 16.5. The number of aliphatic hydroxyl groups is 1. The van der Waals surface area contributed by atoms with Crippen molar-refractivity contribution in [1.82, 2.24) is 5.48 Å². The molecule has 0 unspecified atom stereocenters. The monoisotopic (exact) mass is 315 g/mol. The zero-order chi connectivity index (χ0) is 16.7. The summed E-state index contributed by atoms with van der Waals surface area (Å²) in [5.74, 6) is -0.134. The second kappa shape index (κ2) is 7.98. The second-order valence-electron chi connectivity index (χ2n) is 4.77. The lowest BCUT2D eigenvalue weighted by molar-refractivity contribution is -0.124. The van der Waals surface area contributed by atoms with Gasteiger partial charge in [-0.15, -0.1) is 0 Å². The van der Waals surface area contributed by atoms with Crippen molar-refractivity contribution in [3.63, 3.8) is 0 Å². The van der Waals surface area contributed by atoms with Crippen LogP contribution in [0.5, 0.6) is 11.5 Å². The lowest BCUT2D eigenvalue weighted by Crippen LogP contribution is -2.24. The van der Waals surface area contributed by atoms with E-state index in [4.69, 9.17) is 9.94 Å². The van der Waals surface area contributed by atoms with Crippen molar-refractivity contribution in [3.8, 4) is 11.5 Å². The molecule has 0 aromatic heterocycles. The number of hydrogen-bond acceptors (Lipinski definition) is 5. The van der Waals surface area contributed by atoms with E-state index in [1.807, 2.05) is 6.07 Å². The van der Waals surface area contributed by atoms with Gasteiger partial charge in [-0.05, 0) is 35.9 Å². The highest BCUT2D eigenvalue weighted by molar-refractivity contribution is 5.86. The summed E-state index contributed by atoms with van der Waals surface area (Å²) >= 11 is 0. The van der Waals surface area contributed by atoms with E-state index in [1.54, 1.807) is 36.4 Å². The van der Waals surface area contributed by atoms with Crippen LogP contribution in [0.25, 0.3) is 0 Å². The van der Waals surface area contributed by atoms with Crippen molar-refractivity contribution < 1.29 is 25.0 Å². The Labute approximate surface area is 133 Å². The number of benzene rings is 2. The van der Waals surface area contributed by atoms with Crippen molar-refractivity contribution in [1.29, 1.82) is 0 Å². The fraction of sp³-hybridized carbons (Fsp3) is 0.118. The highest BCUT2D eigenvalue weighted by Crippen LogP contribution is 2.24. The molecule has 120 valence electrons. The molecule has 2 atom stereocenters. The molecule has 0 saturated heterocycles. The quantitative estimate of drug-likeness (QED) is 0.371. The predicted molar refractivity (Wildman–Crippen MR) is 83.0 cm³/mol. The maximum atomic E-state index is 11.2. The van der Waals surface area contributed by atoms with E-state index in [0.29, 0.717) is 11.3 Å². The molecule has 1 amide bonds. The molecule has 0 aliphatic rings. The summed E-state index contributed by atoms with van der Waals surface area (Å²) in [5.41, 5.74) is 1.99. The molecule has 0 spiro atoms. The van der Waals surface area contributed by atoms with Gasteiger partial charge in [0.25, 0.3) is 5.91 Å². The third-order valence-electron chi connectivity index (χ3n) is 3.11. The third-order valence-corrected chi connectivity index (χ3v) is 3.11. The summed E-state index contributed by atoms with van der Waals surface area (Å²) in [4.78, 5) is 11.2. The van der Waals surface area contributed by atoms with Crippen LogP contribution in [0.1, 0.15) is 11.7 Å². The van der Waals surface area contributed by atoms with Crippen LogP contribution >= 0.6 is 0 Å². The summed E-state index contributed by atoms with van der Waals surface area (Å²) in [5, 5.41) is 28.3. The van der Waals surface area contributed by atoms with E-state index in [-0.39, 0.29) is 5.75 Å². The molecule has 6 nitrogen and oxygen atoms in total. The number of para-hydroxylation sites is 1. The molecule has 0 radical (unpaired) electrons. The van der Waals surface area contributed by atoms with Crippen molar-refractivity contribution in [3.05, 3.63) is 72.3 Å². The second-order valence-corrected chi connectivity index (χ2v) is 4.77. The molecular weight excluding hydrogens is 298 g/mol. The average molecular weight is 315 g/mol. The van der Waals surface area contributed by atoms with Crippen molar-refractivity contribution in [2.24, 2.45) is 0 Å². The number of hydrogen-bond donors (Lipinski definition) is 4. The smallest absolute Gasteiger partial charge is 0.267 e. The molecule has 2 rings (SSSR count). The minimum Gasteiger partial charge on any atom is -0.508 e. The minimum absolute atomic E-state index is 0.0803. The number of carbonyl (C=O) groups excluding carboxylic acids is 1. The van der Waals surface area contributed by atoms with Crippen LogP contribution < -0.4 is 10.2 Å². The number of aliphatic hydroxyl groups excluding tert-OH is 1. The Morgan fingerprint density at radius 2 is 1.74 bits per heavy atom. The SMILES string of the molecule is O=C(/C=C/[C@H](Oc1ccccc1)[C@@H](O)c1ccc(O)cc1)NO. The van der Waals surface area contributed by atoms with E-state index in [0.717, 1.165) is 6.08 Å². The van der Waals surface area contributed by atoms with Gasteiger partial charge < -0.3 is 14.9 Å². The third kappa shape index (κ3) is 4.84. The van der Waals surface area contributed by atoms with Crippen molar-refractivity contribution in [2.75, 3.05) is 0 Å². The Hall–Kier alpha value is -2.83. The van der Waals surface area contributed by atoms with Gasteiger partial charge in [0.2, 0.25) is 0 Å². The van der Waals surface area contributed by atoms with E-state index in [1.165, 1.54) is 23.7 Å². The average Bonchev–Trinajstić information content (AvgIpc) is 2.59. The molecule has 0 fully saturated rings. The van der Waals surface area contributed by atoms with Crippen molar-refractivity contribution in [2.45, 2.75) is 12.2 Å². The van der Waals surface area contributed by atoms with Crippen LogP contribution in [-0.2, 0) is 4.79 Å². The summed E-state index contributed by atoms with van der Waals surface area (Å²) in [6.45, 7) is 0. The number of phenolic OH excluding ortho intramolecular Hbond substituents is 1. The largest absolute Gasteiger partial charge is 0.508 e. The van der Waals surface area contributed by atoms with Crippen LogP contribution in [0, 0.1) is 0 Å². The van der Waals surface area contributed by atoms with Gasteiger partial charge in [-0.1, -0.05) is 30.3 Å². The van der Waals surface area contributed by atoms with Crippen molar-refractivity contribution >= 4 is 5.91 Å². The molecule has 6 heteroatoms. The van der Waals surface area contributed by atoms with E-state index < -0.39 is 18.1 Å². The van der Waals surface area contributed by atoms with Gasteiger partial charge >= 0.3 is 0 Å². The standard InChI is InChI=1S/C17H17NO5/c19-13-8-6-12(7-9-13)17(21)15(10-11-16(20)18-22)23-14-4-2-1-3-5-14/h1-11,15,17,19,21-22H,(H,18,20)/b11-10+/t15-,17-/m0/s1. The van der Waals surface area contributed by atoms with Gasteiger partial charge in [-0.2, -0.15) is 0 Å². The highest BCUT2D eigenvalue weighted by Gasteiger charge is 2.21. The Morgan fingerprint density at radius 3 is 2.35 bits per heavy atom. The molecule has 2 aromatic rings. The Bertz CT molecular complexity index is 654. The summed E-state index contributed by atoms with van der Waals surface area (Å²) in [6, 6.07) is 14.8. The maximum absolute atomic E-state index is 11.2. The molecule has 0 saturated carbocycles. The Morgan fingerprint density at radius 1 is 1.09 bits per heavy atom. The van der Waals surface area contributed by atoms with Gasteiger partial charge in [-0.25, -0.2) is 5.48 Å². The van der Waals surface area contributed by atoms with E-state index >= 15 is 0 Å². The normalized spacial score (nSPS) is 13.5. The number of ether oxygens (including phenoxy) is 1. The zero-order valence-electron chi connectivity index (χ0n) is 12.2. The number of nitrogens with one attached hydrogen (secondary N) is 1. The summed E-state index contributed by atoms with van der Waals surface area (Å²) < 4.78 is 5.69. The van der Waals surface area contributed by atoms with Crippen LogP contribution in [-0.4, -0.2) is 27.4 Å². The van der Waals surface area contributed by atoms with Gasteiger partial charge in [0.1, 0.15) is 23.7 Å². The minimum atomic E-state index is -1.07. The molecule has 23 heavy (non-hydrogen) atoms. The molecule has 0 heterocycles. The maximum Gasteiger partial charge on any atom is 0.267 e. The molecule has 0 aliphatic carbocycles. The van der Waals surface area contributed by atoms with Crippen LogP contribution in [0.2, 0.25) is 0 Å². The molecule has 0 bridgehead atoms. The first-order valence-corrected chi connectivity index (χ1v) is 6.91.